The number of nitrogens with one attached hydrogen (secondary N) is 2. The van der Waals surface area contributed by atoms with Crippen LogP contribution in [0.2, 0.25) is 0 Å². The second kappa shape index (κ2) is 4.75. The first kappa shape index (κ1) is 11.9. The number of anilines is 1. The highest BCUT2D eigenvalue weighted by molar-refractivity contribution is 6.00. The summed E-state index contributed by atoms with van der Waals surface area (Å²) in [5.74, 6) is 6.04. The highest BCUT2D eigenvalue weighted by Gasteiger charge is 2.36. The molecule has 0 aliphatic heterocycles. The van der Waals surface area contributed by atoms with Crippen LogP contribution in [0.25, 0.3) is 0 Å². The summed E-state index contributed by atoms with van der Waals surface area (Å²) in [6.07, 6.45) is 2.22. The zero-order valence-corrected chi connectivity index (χ0v) is 10.3. The van der Waals surface area contributed by atoms with Crippen molar-refractivity contribution in [1.29, 1.82) is 0 Å². The second-order valence-electron chi connectivity index (χ2n) is 4.68. The lowest BCUT2D eigenvalue weighted by Crippen LogP contribution is -2.28. The molecule has 2 atom stereocenters. The average Bonchev–Trinajstić information content (AvgIpc) is 3.07. The SMILES string of the molecule is CCC1CC1NC(=O)c1ccc(C)cc1NN. The lowest BCUT2D eigenvalue weighted by Gasteiger charge is -2.10. The minimum absolute atomic E-state index is 0.0427. The molecule has 1 aromatic rings. The van der Waals surface area contributed by atoms with Gasteiger partial charge in [-0.15, -0.1) is 0 Å². The fourth-order valence-corrected chi connectivity index (χ4v) is 2.10. The van der Waals surface area contributed by atoms with Crippen molar-refractivity contribution in [2.75, 3.05) is 5.43 Å². The predicted octanol–water partition coefficient (Wildman–Crippen LogP) is 1.81. The van der Waals surface area contributed by atoms with E-state index in [1.165, 1.54) is 0 Å². The summed E-state index contributed by atoms with van der Waals surface area (Å²) in [5.41, 5.74) is 4.94. The number of nitrogens with two attached hydrogens (primary N) is 1. The van der Waals surface area contributed by atoms with Crippen LogP contribution in [0, 0.1) is 12.8 Å². The fraction of sp³-hybridized carbons (Fsp3) is 0.462. The summed E-state index contributed by atoms with van der Waals surface area (Å²) in [4.78, 5) is 12.0. The van der Waals surface area contributed by atoms with Crippen molar-refractivity contribution in [3.8, 4) is 0 Å². The first-order valence-electron chi connectivity index (χ1n) is 6.03. The van der Waals surface area contributed by atoms with Gasteiger partial charge < -0.3 is 10.7 Å². The lowest BCUT2D eigenvalue weighted by molar-refractivity contribution is 0.0950. The predicted molar refractivity (Wildman–Crippen MR) is 68.6 cm³/mol. The molecule has 0 radical (unpaired) electrons. The van der Waals surface area contributed by atoms with Gasteiger partial charge >= 0.3 is 0 Å². The Morgan fingerprint density at radius 2 is 2.29 bits per heavy atom. The molecule has 1 aliphatic rings. The quantitative estimate of drug-likeness (QED) is 0.549. The third kappa shape index (κ3) is 2.58. The molecule has 4 N–H and O–H groups in total. The van der Waals surface area contributed by atoms with E-state index in [1.807, 2.05) is 25.1 Å². The number of amides is 1. The number of carbonyl (C=O) groups excluding carboxylic acids is 1. The van der Waals surface area contributed by atoms with Gasteiger partial charge in [0.15, 0.2) is 0 Å². The summed E-state index contributed by atoms with van der Waals surface area (Å²) in [7, 11) is 0. The van der Waals surface area contributed by atoms with Crippen LogP contribution in [-0.4, -0.2) is 11.9 Å². The molecule has 1 fully saturated rings. The van der Waals surface area contributed by atoms with Gasteiger partial charge in [-0.05, 0) is 37.0 Å². The van der Waals surface area contributed by atoms with Crippen molar-refractivity contribution < 1.29 is 4.79 Å². The Morgan fingerprint density at radius 3 is 2.88 bits per heavy atom. The smallest absolute Gasteiger partial charge is 0.253 e. The average molecular weight is 233 g/mol. The summed E-state index contributed by atoms with van der Waals surface area (Å²) < 4.78 is 0. The second-order valence-corrected chi connectivity index (χ2v) is 4.68. The monoisotopic (exact) mass is 233 g/mol. The molecule has 17 heavy (non-hydrogen) atoms. The van der Waals surface area contributed by atoms with Crippen LogP contribution in [-0.2, 0) is 0 Å². The number of benzene rings is 1. The minimum Gasteiger partial charge on any atom is -0.349 e. The number of hydrogen-bond acceptors (Lipinski definition) is 3. The first-order valence-corrected chi connectivity index (χ1v) is 6.03. The van der Waals surface area contributed by atoms with E-state index in [-0.39, 0.29) is 5.91 Å². The molecule has 0 heterocycles. The van der Waals surface area contributed by atoms with Crippen molar-refractivity contribution >= 4 is 11.6 Å². The molecule has 2 rings (SSSR count). The van der Waals surface area contributed by atoms with Crippen LogP contribution in [0.1, 0.15) is 35.7 Å². The van der Waals surface area contributed by atoms with Gasteiger partial charge in [-0.1, -0.05) is 19.4 Å². The fourth-order valence-electron chi connectivity index (χ4n) is 2.10. The first-order chi connectivity index (χ1) is 8.15. The zero-order valence-electron chi connectivity index (χ0n) is 10.3. The zero-order chi connectivity index (χ0) is 12.4. The van der Waals surface area contributed by atoms with E-state index in [1.54, 1.807) is 0 Å². The van der Waals surface area contributed by atoms with Crippen molar-refractivity contribution in [2.45, 2.75) is 32.7 Å². The molecule has 0 aromatic heterocycles. The van der Waals surface area contributed by atoms with E-state index in [0.717, 1.165) is 18.4 Å². The lowest BCUT2D eigenvalue weighted by atomic mass is 10.1. The molecule has 1 aliphatic carbocycles. The van der Waals surface area contributed by atoms with Crippen LogP contribution in [0.4, 0.5) is 5.69 Å². The van der Waals surface area contributed by atoms with Crippen LogP contribution in [0.3, 0.4) is 0 Å². The normalized spacial score (nSPS) is 22.1. The van der Waals surface area contributed by atoms with E-state index < -0.39 is 0 Å². The van der Waals surface area contributed by atoms with E-state index >= 15 is 0 Å². The maximum atomic E-state index is 12.0. The van der Waals surface area contributed by atoms with E-state index in [0.29, 0.717) is 23.2 Å². The van der Waals surface area contributed by atoms with Gasteiger partial charge in [0.2, 0.25) is 0 Å². The topological polar surface area (TPSA) is 67.2 Å². The Balaban J connectivity index is 2.08. The standard InChI is InChI=1S/C13H19N3O/c1-3-9-7-11(9)15-13(17)10-5-4-8(2)6-12(10)16-14/h4-6,9,11,16H,3,7,14H2,1-2H3,(H,15,17). The molecule has 0 bridgehead atoms. The third-order valence-corrected chi connectivity index (χ3v) is 3.34. The van der Waals surface area contributed by atoms with E-state index in [4.69, 9.17) is 5.84 Å². The van der Waals surface area contributed by atoms with Gasteiger partial charge in [-0.3, -0.25) is 10.6 Å². The van der Waals surface area contributed by atoms with Crippen molar-refractivity contribution in [1.82, 2.24) is 5.32 Å². The molecule has 4 nitrogen and oxygen atoms in total. The largest absolute Gasteiger partial charge is 0.349 e. The Kier molecular flexibility index (Phi) is 3.33. The number of hydrogen-bond donors (Lipinski definition) is 3. The molecular weight excluding hydrogens is 214 g/mol. The maximum absolute atomic E-state index is 12.0. The summed E-state index contributed by atoms with van der Waals surface area (Å²) in [5, 5.41) is 3.03. The molecule has 2 unspecified atom stereocenters. The summed E-state index contributed by atoms with van der Waals surface area (Å²) in [6.45, 7) is 4.12. The molecule has 1 amide bonds. The van der Waals surface area contributed by atoms with Crippen molar-refractivity contribution in [3.63, 3.8) is 0 Å². The molecule has 92 valence electrons. The van der Waals surface area contributed by atoms with Crippen LogP contribution in [0.5, 0.6) is 0 Å². The molecule has 0 saturated heterocycles. The number of hydrazine groups is 1. The van der Waals surface area contributed by atoms with Crippen molar-refractivity contribution in [3.05, 3.63) is 29.3 Å². The van der Waals surface area contributed by atoms with Crippen LogP contribution in [0.15, 0.2) is 18.2 Å². The molecule has 0 spiro atoms. The number of nitrogen functional groups attached to an aromatic ring is 1. The Bertz CT molecular complexity index is 431. The molecule has 1 aromatic carbocycles. The molecule has 4 heteroatoms. The number of carbonyl (C=O) groups is 1. The van der Waals surface area contributed by atoms with Crippen LogP contribution >= 0.6 is 0 Å². The van der Waals surface area contributed by atoms with Gasteiger partial charge in [-0.2, -0.15) is 0 Å². The van der Waals surface area contributed by atoms with E-state index in [9.17, 15) is 4.79 Å². The van der Waals surface area contributed by atoms with Gasteiger partial charge in [0, 0.05) is 6.04 Å². The highest BCUT2D eigenvalue weighted by Crippen LogP contribution is 2.33. The van der Waals surface area contributed by atoms with Gasteiger partial charge in [-0.25, -0.2) is 0 Å². The maximum Gasteiger partial charge on any atom is 0.253 e. The highest BCUT2D eigenvalue weighted by atomic mass is 16.1. The van der Waals surface area contributed by atoms with Gasteiger partial charge in [0.1, 0.15) is 0 Å². The summed E-state index contributed by atoms with van der Waals surface area (Å²) >= 11 is 0. The number of rotatable bonds is 4. The van der Waals surface area contributed by atoms with Crippen LogP contribution < -0.4 is 16.6 Å². The van der Waals surface area contributed by atoms with Gasteiger partial charge in [0.25, 0.3) is 5.91 Å². The minimum atomic E-state index is -0.0427. The van der Waals surface area contributed by atoms with Gasteiger partial charge in [0.05, 0.1) is 11.3 Å². The Labute approximate surface area is 102 Å². The molecular formula is C13H19N3O. The summed E-state index contributed by atoms with van der Waals surface area (Å²) in [6, 6.07) is 5.95. The Hall–Kier alpha value is -1.55. The van der Waals surface area contributed by atoms with Crippen molar-refractivity contribution in [2.24, 2.45) is 11.8 Å². The third-order valence-electron chi connectivity index (χ3n) is 3.34. The molecule has 1 saturated carbocycles. The van der Waals surface area contributed by atoms with E-state index in [2.05, 4.69) is 17.7 Å². The Morgan fingerprint density at radius 1 is 1.53 bits per heavy atom. The number of aryl methyl sites for hydroxylation is 1.